The molecule has 1 saturated carbocycles. The monoisotopic (exact) mass is 251 g/mol. The first kappa shape index (κ1) is 12.3. The van der Waals surface area contributed by atoms with Crippen molar-refractivity contribution in [3.8, 4) is 0 Å². The van der Waals surface area contributed by atoms with Gasteiger partial charge in [0.1, 0.15) is 0 Å². The van der Waals surface area contributed by atoms with Crippen LogP contribution in [-0.4, -0.2) is 0 Å². The predicted molar refractivity (Wildman–Crippen MR) is 81.3 cm³/mol. The lowest BCUT2D eigenvalue weighted by Crippen LogP contribution is -2.13. The van der Waals surface area contributed by atoms with Crippen molar-refractivity contribution in [2.45, 2.75) is 32.2 Å². The van der Waals surface area contributed by atoms with E-state index >= 15 is 0 Å². The minimum absolute atomic E-state index is 0.467. The van der Waals surface area contributed by atoms with Crippen LogP contribution >= 0.6 is 0 Å². The van der Waals surface area contributed by atoms with Crippen molar-refractivity contribution >= 4 is 5.69 Å². The van der Waals surface area contributed by atoms with Crippen LogP contribution in [0.25, 0.3) is 0 Å². The Morgan fingerprint density at radius 2 is 1.68 bits per heavy atom. The summed E-state index contributed by atoms with van der Waals surface area (Å²) in [6.07, 6.45) is 3.77. The van der Waals surface area contributed by atoms with Gasteiger partial charge in [0, 0.05) is 5.69 Å². The Balaban J connectivity index is 1.86. The van der Waals surface area contributed by atoms with E-state index < -0.39 is 0 Å². The van der Waals surface area contributed by atoms with Crippen molar-refractivity contribution in [2.24, 2.45) is 5.92 Å². The van der Waals surface area contributed by atoms with Crippen LogP contribution in [0.4, 0.5) is 5.69 Å². The molecule has 1 nitrogen and oxygen atoms in total. The standard InChI is InChI=1S/C18H21N/c1-2-14-8-6-7-11-17(14)19-18(16-12-13-16)15-9-4-3-5-10-15/h3-11,16,18-19H,2,12-13H2,1H3. The fraction of sp³-hybridized carbons (Fsp3) is 0.333. The average Bonchev–Trinajstić information content (AvgIpc) is 3.30. The number of rotatable bonds is 5. The Kier molecular flexibility index (Phi) is 3.54. The molecule has 0 aromatic heterocycles. The first-order valence-electron chi connectivity index (χ1n) is 7.28. The molecule has 0 spiro atoms. The minimum Gasteiger partial charge on any atom is -0.378 e. The number of aryl methyl sites for hydroxylation is 1. The summed E-state index contributed by atoms with van der Waals surface area (Å²) in [6, 6.07) is 20.0. The van der Waals surface area contributed by atoms with Crippen LogP contribution in [0.1, 0.15) is 36.9 Å². The number of nitrogens with one attached hydrogen (secondary N) is 1. The van der Waals surface area contributed by atoms with Gasteiger partial charge in [-0.15, -0.1) is 0 Å². The van der Waals surface area contributed by atoms with Crippen molar-refractivity contribution in [1.82, 2.24) is 0 Å². The van der Waals surface area contributed by atoms with Gasteiger partial charge >= 0.3 is 0 Å². The first-order chi connectivity index (χ1) is 9.38. The fourth-order valence-corrected chi connectivity index (χ4v) is 2.70. The van der Waals surface area contributed by atoms with E-state index in [0.29, 0.717) is 6.04 Å². The van der Waals surface area contributed by atoms with E-state index in [2.05, 4.69) is 66.8 Å². The molecule has 1 heteroatoms. The third kappa shape index (κ3) is 2.81. The zero-order valence-electron chi connectivity index (χ0n) is 11.5. The minimum atomic E-state index is 0.467. The maximum Gasteiger partial charge on any atom is 0.0542 e. The molecule has 0 bridgehead atoms. The van der Waals surface area contributed by atoms with E-state index in [9.17, 15) is 0 Å². The van der Waals surface area contributed by atoms with Gasteiger partial charge in [-0.25, -0.2) is 0 Å². The second-order valence-corrected chi connectivity index (χ2v) is 5.38. The topological polar surface area (TPSA) is 12.0 Å². The van der Waals surface area contributed by atoms with E-state index in [1.54, 1.807) is 0 Å². The second-order valence-electron chi connectivity index (χ2n) is 5.38. The van der Waals surface area contributed by atoms with Crippen molar-refractivity contribution in [3.63, 3.8) is 0 Å². The van der Waals surface area contributed by atoms with Crippen molar-refractivity contribution < 1.29 is 0 Å². The number of hydrogen-bond donors (Lipinski definition) is 1. The molecule has 3 rings (SSSR count). The highest BCUT2D eigenvalue weighted by Crippen LogP contribution is 2.43. The Bertz CT molecular complexity index is 528. The summed E-state index contributed by atoms with van der Waals surface area (Å²) in [5, 5.41) is 3.78. The van der Waals surface area contributed by atoms with Crippen LogP contribution in [0.2, 0.25) is 0 Å². The largest absolute Gasteiger partial charge is 0.378 e. The van der Waals surface area contributed by atoms with Crippen LogP contribution in [0.15, 0.2) is 54.6 Å². The molecule has 1 fully saturated rings. The van der Waals surface area contributed by atoms with Gasteiger partial charge in [0.2, 0.25) is 0 Å². The quantitative estimate of drug-likeness (QED) is 0.804. The normalized spacial score (nSPS) is 16.1. The van der Waals surface area contributed by atoms with Gasteiger partial charge in [-0.05, 0) is 42.4 Å². The molecule has 0 heterocycles. The summed E-state index contributed by atoms with van der Waals surface area (Å²) in [4.78, 5) is 0. The zero-order valence-corrected chi connectivity index (χ0v) is 11.5. The lowest BCUT2D eigenvalue weighted by atomic mass is 10.0. The molecule has 1 unspecified atom stereocenters. The van der Waals surface area contributed by atoms with Crippen molar-refractivity contribution in [1.29, 1.82) is 0 Å². The molecule has 0 radical (unpaired) electrons. The SMILES string of the molecule is CCc1ccccc1NC(c1ccccc1)C1CC1. The summed E-state index contributed by atoms with van der Waals surface area (Å²) < 4.78 is 0. The molecule has 1 aliphatic rings. The van der Waals surface area contributed by atoms with Crippen LogP contribution in [0.5, 0.6) is 0 Å². The van der Waals surface area contributed by atoms with Crippen molar-refractivity contribution in [3.05, 3.63) is 65.7 Å². The molecule has 2 aromatic rings. The van der Waals surface area contributed by atoms with E-state index in [0.717, 1.165) is 12.3 Å². The summed E-state index contributed by atoms with van der Waals surface area (Å²) in [7, 11) is 0. The highest BCUT2D eigenvalue weighted by Gasteiger charge is 2.32. The van der Waals surface area contributed by atoms with E-state index in [1.807, 2.05) is 0 Å². The van der Waals surface area contributed by atoms with Crippen molar-refractivity contribution in [2.75, 3.05) is 5.32 Å². The number of hydrogen-bond acceptors (Lipinski definition) is 1. The van der Waals surface area contributed by atoms with Gasteiger partial charge in [-0.2, -0.15) is 0 Å². The Morgan fingerprint density at radius 1 is 1.00 bits per heavy atom. The second kappa shape index (κ2) is 5.48. The third-order valence-electron chi connectivity index (χ3n) is 3.96. The highest BCUT2D eigenvalue weighted by atomic mass is 14.9. The molecule has 98 valence electrons. The summed E-state index contributed by atoms with van der Waals surface area (Å²) in [6.45, 7) is 2.22. The van der Waals surface area contributed by atoms with Crippen LogP contribution in [-0.2, 0) is 6.42 Å². The van der Waals surface area contributed by atoms with Crippen LogP contribution in [0.3, 0.4) is 0 Å². The molecule has 0 aliphatic heterocycles. The summed E-state index contributed by atoms with van der Waals surface area (Å²) >= 11 is 0. The van der Waals surface area contributed by atoms with Crippen LogP contribution in [0, 0.1) is 5.92 Å². The number of para-hydroxylation sites is 1. The maximum absolute atomic E-state index is 3.78. The Hall–Kier alpha value is -1.76. The van der Waals surface area contributed by atoms with Gasteiger partial charge in [0.05, 0.1) is 6.04 Å². The zero-order chi connectivity index (χ0) is 13.1. The molecule has 19 heavy (non-hydrogen) atoms. The predicted octanol–water partition coefficient (Wildman–Crippen LogP) is 4.81. The Morgan fingerprint density at radius 3 is 2.37 bits per heavy atom. The smallest absolute Gasteiger partial charge is 0.0542 e. The Labute approximate surface area is 115 Å². The number of anilines is 1. The first-order valence-corrected chi connectivity index (χ1v) is 7.28. The summed E-state index contributed by atoms with van der Waals surface area (Å²) in [5.74, 6) is 0.798. The fourth-order valence-electron chi connectivity index (χ4n) is 2.70. The molecule has 1 aliphatic carbocycles. The van der Waals surface area contributed by atoms with Gasteiger partial charge in [-0.1, -0.05) is 55.5 Å². The molecule has 2 aromatic carbocycles. The molecule has 1 atom stereocenters. The highest BCUT2D eigenvalue weighted by molar-refractivity contribution is 5.53. The lowest BCUT2D eigenvalue weighted by molar-refractivity contribution is 0.678. The molecule has 1 N–H and O–H groups in total. The van der Waals surface area contributed by atoms with E-state index in [-0.39, 0.29) is 0 Å². The van der Waals surface area contributed by atoms with Gasteiger partial charge in [0.25, 0.3) is 0 Å². The van der Waals surface area contributed by atoms with Gasteiger partial charge in [-0.3, -0.25) is 0 Å². The number of benzene rings is 2. The lowest BCUT2D eigenvalue weighted by Gasteiger charge is -2.22. The van der Waals surface area contributed by atoms with Gasteiger partial charge in [0.15, 0.2) is 0 Å². The average molecular weight is 251 g/mol. The molecular weight excluding hydrogens is 230 g/mol. The van der Waals surface area contributed by atoms with Crippen LogP contribution < -0.4 is 5.32 Å². The van der Waals surface area contributed by atoms with E-state index in [4.69, 9.17) is 0 Å². The summed E-state index contributed by atoms with van der Waals surface area (Å²) in [5.41, 5.74) is 4.12. The molecule has 0 amide bonds. The van der Waals surface area contributed by atoms with Gasteiger partial charge < -0.3 is 5.32 Å². The third-order valence-corrected chi connectivity index (χ3v) is 3.96. The maximum atomic E-state index is 3.78. The molecular formula is C18H21N. The molecule has 0 saturated heterocycles. The van der Waals surface area contributed by atoms with E-state index in [1.165, 1.54) is 29.7 Å².